The van der Waals surface area contributed by atoms with Crippen LogP contribution in [0.15, 0.2) is 17.7 Å². The summed E-state index contributed by atoms with van der Waals surface area (Å²) in [4.78, 5) is 20.5. The topological polar surface area (TPSA) is 54.9 Å². The van der Waals surface area contributed by atoms with Gasteiger partial charge >= 0.3 is 0 Å². The molecule has 0 aliphatic rings. The fourth-order valence-electron chi connectivity index (χ4n) is 1.47. The Morgan fingerprint density at radius 2 is 2.18 bits per heavy atom. The zero-order valence-corrected chi connectivity index (χ0v) is 11.2. The average Bonchev–Trinajstić information content (AvgIpc) is 2.27. The molecule has 1 rings (SSSR count). The Bertz CT molecular complexity index is 432. The van der Waals surface area contributed by atoms with E-state index in [9.17, 15) is 4.79 Å². The molecule has 0 aromatic carbocycles. The lowest BCUT2D eigenvalue weighted by Gasteiger charge is -2.10. The molecular weight excluding hydrogens is 234 g/mol. The summed E-state index contributed by atoms with van der Waals surface area (Å²) in [5.74, 6) is 0.572. The number of thioether (sulfide) groups is 1. The standard InChI is InChI=1S/C12H17N3OS/c1-5-6-7-13-11(16)10-8(2)14-9(3)15-12(10)17-4/h5H,1,6-7H2,2-4H3,(H,13,16). The van der Waals surface area contributed by atoms with E-state index in [4.69, 9.17) is 0 Å². The van der Waals surface area contributed by atoms with E-state index in [1.165, 1.54) is 11.8 Å². The number of aromatic nitrogens is 2. The minimum absolute atomic E-state index is 0.117. The number of carbonyl (C=O) groups excluding carboxylic acids is 1. The molecule has 17 heavy (non-hydrogen) atoms. The third-order valence-corrected chi connectivity index (χ3v) is 2.91. The van der Waals surface area contributed by atoms with E-state index in [-0.39, 0.29) is 5.91 Å². The predicted octanol–water partition coefficient (Wildman–Crippen LogP) is 2.12. The highest BCUT2D eigenvalue weighted by atomic mass is 32.2. The van der Waals surface area contributed by atoms with Crippen molar-refractivity contribution in [3.8, 4) is 0 Å². The number of hydrogen-bond donors (Lipinski definition) is 1. The first-order valence-electron chi connectivity index (χ1n) is 5.38. The van der Waals surface area contributed by atoms with Gasteiger partial charge in [-0.25, -0.2) is 9.97 Å². The van der Waals surface area contributed by atoms with E-state index < -0.39 is 0 Å². The summed E-state index contributed by atoms with van der Waals surface area (Å²) in [6, 6.07) is 0. The summed E-state index contributed by atoms with van der Waals surface area (Å²) in [5.41, 5.74) is 1.30. The van der Waals surface area contributed by atoms with Gasteiger partial charge in [0.05, 0.1) is 11.3 Å². The number of nitrogens with zero attached hydrogens (tertiary/aromatic N) is 2. The molecule has 0 saturated heterocycles. The van der Waals surface area contributed by atoms with Crippen molar-refractivity contribution in [3.63, 3.8) is 0 Å². The van der Waals surface area contributed by atoms with E-state index in [0.29, 0.717) is 17.9 Å². The van der Waals surface area contributed by atoms with E-state index in [1.54, 1.807) is 6.08 Å². The number of carbonyl (C=O) groups is 1. The Balaban J connectivity index is 2.95. The highest BCUT2D eigenvalue weighted by Crippen LogP contribution is 2.20. The summed E-state index contributed by atoms with van der Waals surface area (Å²) in [6.45, 7) is 7.86. The SMILES string of the molecule is C=CCCNC(=O)c1c(C)nc(C)nc1SC. The van der Waals surface area contributed by atoms with Crippen LogP contribution in [0.5, 0.6) is 0 Å². The van der Waals surface area contributed by atoms with Crippen LogP contribution in [0.2, 0.25) is 0 Å². The zero-order chi connectivity index (χ0) is 12.8. The van der Waals surface area contributed by atoms with Crippen LogP contribution < -0.4 is 5.32 Å². The maximum absolute atomic E-state index is 12.0. The fourth-order valence-corrected chi connectivity index (χ4v) is 2.13. The lowest BCUT2D eigenvalue weighted by molar-refractivity contribution is 0.0949. The summed E-state index contributed by atoms with van der Waals surface area (Å²) in [7, 11) is 0. The molecule has 92 valence electrons. The lowest BCUT2D eigenvalue weighted by atomic mass is 10.2. The van der Waals surface area contributed by atoms with Gasteiger partial charge in [0.2, 0.25) is 0 Å². The molecule has 0 bridgehead atoms. The van der Waals surface area contributed by atoms with Crippen LogP contribution in [0.3, 0.4) is 0 Å². The molecule has 1 aromatic heterocycles. The van der Waals surface area contributed by atoms with Crippen molar-refractivity contribution < 1.29 is 4.79 Å². The largest absolute Gasteiger partial charge is 0.352 e. The van der Waals surface area contributed by atoms with Crippen LogP contribution in [0.25, 0.3) is 0 Å². The van der Waals surface area contributed by atoms with E-state index >= 15 is 0 Å². The van der Waals surface area contributed by atoms with Gasteiger partial charge in [0.15, 0.2) is 0 Å². The molecule has 0 aliphatic carbocycles. The molecule has 0 saturated carbocycles. The fraction of sp³-hybridized carbons (Fsp3) is 0.417. The Morgan fingerprint density at radius 1 is 1.47 bits per heavy atom. The van der Waals surface area contributed by atoms with Gasteiger partial charge in [-0.15, -0.1) is 18.3 Å². The first kappa shape index (κ1) is 13.7. The highest BCUT2D eigenvalue weighted by molar-refractivity contribution is 7.98. The van der Waals surface area contributed by atoms with Crippen molar-refractivity contribution in [1.29, 1.82) is 0 Å². The molecule has 1 aromatic rings. The van der Waals surface area contributed by atoms with Crippen molar-refractivity contribution in [1.82, 2.24) is 15.3 Å². The van der Waals surface area contributed by atoms with Crippen molar-refractivity contribution in [2.45, 2.75) is 25.3 Å². The minimum atomic E-state index is -0.117. The van der Waals surface area contributed by atoms with Crippen LogP contribution in [0.1, 0.15) is 28.3 Å². The Kier molecular flexibility index (Phi) is 5.15. The van der Waals surface area contributed by atoms with Gasteiger partial charge in [0, 0.05) is 6.54 Å². The second-order valence-corrected chi connectivity index (χ2v) is 4.37. The van der Waals surface area contributed by atoms with Crippen LogP contribution in [0.4, 0.5) is 0 Å². The summed E-state index contributed by atoms with van der Waals surface area (Å²) < 4.78 is 0. The first-order chi connectivity index (χ1) is 8.10. The highest BCUT2D eigenvalue weighted by Gasteiger charge is 2.16. The van der Waals surface area contributed by atoms with Gasteiger partial charge < -0.3 is 5.32 Å². The van der Waals surface area contributed by atoms with Crippen molar-refractivity contribution in [2.24, 2.45) is 0 Å². The predicted molar refractivity (Wildman–Crippen MR) is 70.4 cm³/mol. The van der Waals surface area contributed by atoms with Crippen LogP contribution >= 0.6 is 11.8 Å². The van der Waals surface area contributed by atoms with Gasteiger partial charge in [-0.2, -0.15) is 0 Å². The van der Waals surface area contributed by atoms with Crippen LogP contribution in [-0.2, 0) is 0 Å². The maximum Gasteiger partial charge on any atom is 0.255 e. The van der Waals surface area contributed by atoms with Gasteiger partial charge in [-0.05, 0) is 26.5 Å². The van der Waals surface area contributed by atoms with Gasteiger partial charge in [-0.1, -0.05) is 6.08 Å². The number of hydrogen-bond acceptors (Lipinski definition) is 4. The molecule has 5 heteroatoms. The van der Waals surface area contributed by atoms with Gasteiger partial charge in [0.25, 0.3) is 5.91 Å². The smallest absolute Gasteiger partial charge is 0.255 e. The van der Waals surface area contributed by atoms with Crippen molar-refractivity contribution >= 4 is 17.7 Å². The zero-order valence-electron chi connectivity index (χ0n) is 10.4. The molecule has 4 nitrogen and oxygen atoms in total. The van der Waals surface area contributed by atoms with Crippen LogP contribution in [-0.4, -0.2) is 28.7 Å². The van der Waals surface area contributed by atoms with E-state index in [2.05, 4.69) is 21.9 Å². The molecule has 0 aliphatic heterocycles. The molecule has 0 spiro atoms. The molecule has 0 atom stereocenters. The average molecular weight is 251 g/mol. The number of nitrogens with one attached hydrogen (secondary N) is 1. The Labute approximate surface area is 106 Å². The van der Waals surface area contributed by atoms with Gasteiger partial charge in [-0.3, -0.25) is 4.79 Å². The summed E-state index contributed by atoms with van der Waals surface area (Å²) in [5, 5.41) is 3.56. The quantitative estimate of drug-likeness (QED) is 0.377. The minimum Gasteiger partial charge on any atom is -0.352 e. The summed E-state index contributed by atoms with van der Waals surface area (Å²) in [6.07, 6.45) is 4.43. The van der Waals surface area contributed by atoms with Gasteiger partial charge in [0.1, 0.15) is 10.9 Å². The molecule has 0 unspecified atom stereocenters. The number of amides is 1. The molecule has 0 fully saturated rings. The molecule has 1 heterocycles. The number of rotatable bonds is 5. The second kappa shape index (κ2) is 6.39. The third kappa shape index (κ3) is 3.56. The van der Waals surface area contributed by atoms with Crippen molar-refractivity contribution in [2.75, 3.05) is 12.8 Å². The molecule has 1 amide bonds. The van der Waals surface area contributed by atoms with E-state index in [0.717, 1.165) is 17.1 Å². The molecular formula is C12H17N3OS. The number of aryl methyl sites for hydroxylation is 2. The molecule has 0 radical (unpaired) electrons. The van der Waals surface area contributed by atoms with E-state index in [1.807, 2.05) is 20.1 Å². The van der Waals surface area contributed by atoms with Crippen molar-refractivity contribution in [3.05, 3.63) is 29.7 Å². The monoisotopic (exact) mass is 251 g/mol. The second-order valence-electron chi connectivity index (χ2n) is 3.57. The lowest BCUT2D eigenvalue weighted by Crippen LogP contribution is -2.26. The summed E-state index contributed by atoms with van der Waals surface area (Å²) >= 11 is 1.46. The maximum atomic E-state index is 12.0. The van der Waals surface area contributed by atoms with Crippen LogP contribution in [0, 0.1) is 13.8 Å². The normalized spacial score (nSPS) is 10.1. The Hall–Kier alpha value is -1.36. The first-order valence-corrected chi connectivity index (χ1v) is 6.61. The Morgan fingerprint density at radius 3 is 2.76 bits per heavy atom. The third-order valence-electron chi connectivity index (χ3n) is 2.22. The molecule has 1 N–H and O–H groups in total.